The quantitative estimate of drug-likeness (QED) is 0.446. The van der Waals surface area contributed by atoms with Gasteiger partial charge in [-0.25, -0.2) is 0 Å². The Morgan fingerprint density at radius 2 is 2.06 bits per heavy atom. The lowest BCUT2D eigenvalue weighted by molar-refractivity contribution is -0.384. The summed E-state index contributed by atoms with van der Waals surface area (Å²) in [6.07, 6.45) is 7.78. The zero-order chi connectivity index (χ0) is 23.5. The Hall–Kier alpha value is -3.74. The Bertz CT molecular complexity index is 1170. The predicted molar refractivity (Wildman–Crippen MR) is 124 cm³/mol. The molecule has 33 heavy (non-hydrogen) atoms. The van der Waals surface area contributed by atoms with E-state index in [0.29, 0.717) is 18.5 Å². The van der Waals surface area contributed by atoms with Crippen molar-refractivity contribution in [3.05, 3.63) is 93.3 Å². The Morgan fingerprint density at radius 1 is 1.24 bits per heavy atom. The van der Waals surface area contributed by atoms with Crippen LogP contribution in [0.15, 0.2) is 66.5 Å². The minimum atomic E-state index is -0.419. The van der Waals surface area contributed by atoms with Gasteiger partial charge in [-0.05, 0) is 55.5 Å². The van der Waals surface area contributed by atoms with Gasteiger partial charge >= 0.3 is 0 Å². The lowest BCUT2D eigenvalue weighted by atomic mass is 9.76. The second kappa shape index (κ2) is 9.40. The Kier molecular flexibility index (Phi) is 6.40. The summed E-state index contributed by atoms with van der Waals surface area (Å²) in [5.41, 5.74) is 3.22. The van der Waals surface area contributed by atoms with Crippen LogP contribution in [0.2, 0.25) is 0 Å². The van der Waals surface area contributed by atoms with E-state index in [1.54, 1.807) is 19.4 Å². The molecule has 0 bridgehead atoms. The first kappa shape index (κ1) is 22.5. The molecule has 4 rings (SSSR count). The zero-order valence-corrected chi connectivity index (χ0v) is 18.7. The van der Waals surface area contributed by atoms with Crippen molar-refractivity contribution >= 4 is 17.3 Å². The van der Waals surface area contributed by atoms with Gasteiger partial charge in [-0.1, -0.05) is 18.2 Å². The normalized spacial score (nSPS) is 19.6. The summed E-state index contributed by atoms with van der Waals surface area (Å²) < 4.78 is 5.27. The van der Waals surface area contributed by atoms with E-state index in [-0.39, 0.29) is 29.1 Å². The molecule has 0 saturated heterocycles. The number of benzene rings is 2. The van der Waals surface area contributed by atoms with Crippen LogP contribution in [0.4, 0.5) is 5.69 Å². The number of nitro benzene ring substituents is 1. The Labute approximate surface area is 192 Å². The van der Waals surface area contributed by atoms with Crippen molar-refractivity contribution in [2.24, 2.45) is 11.8 Å². The summed E-state index contributed by atoms with van der Waals surface area (Å²) in [7, 11) is 1.61. The fourth-order valence-corrected chi connectivity index (χ4v) is 4.63. The largest absolute Gasteiger partial charge is 0.497 e. The zero-order valence-electron chi connectivity index (χ0n) is 18.7. The molecule has 2 atom stereocenters. The van der Waals surface area contributed by atoms with Crippen molar-refractivity contribution in [3.8, 4) is 5.75 Å². The molecule has 0 radical (unpaired) electrons. The molecule has 2 unspecified atom stereocenters. The van der Waals surface area contributed by atoms with Crippen molar-refractivity contribution < 1.29 is 19.2 Å². The monoisotopic (exact) mass is 446 g/mol. The van der Waals surface area contributed by atoms with Crippen LogP contribution in [0, 0.1) is 22.0 Å². The van der Waals surface area contributed by atoms with Crippen LogP contribution in [0.5, 0.6) is 5.75 Å². The summed E-state index contributed by atoms with van der Waals surface area (Å²) in [4.78, 5) is 38.0. The smallest absolute Gasteiger partial charge is 0.269 e. The molecule has 2 aliphatic rings. The number of ketones is 2. The molecule has 0 aromatic heterocycles. The fourth-order valence-electron chi connectivity index (χ4n) is 4.63. The maximum Gasteiger partial charge on any atom is 0.269 e. The van der Waals surface area contributed by atoms with Gasteiger partial charge in [0.1, 0.15) is 5.75 Å². The van der Waals surface area contributed by atoms with Gasteiger partial charge in [-0.3, -0.25) is 19.7 Å². The molecule has 0 N–H and O–H groups in total. The lowest BCUT2D eigenvalue weighted by Crippen LogP contribution is -2.28. The van der Waals surface area contributed by atoms with Crippen molar-refractivity contribution in [2.45, 2.75) is 32.7 Å². The van der Waals surface area contributed by atoms with Gasteiger partial charge in [0.15, 0.2) is 11.6 Å². The number of non-ortho nitro benzene ring substituents is 1. The summed E-state index contributed by atoms with van der Waals surface area (Å²) in [6.45, 7) is 1.95. The van der Waals surface area contributed by atoms with Gasteiger partial charge in [0.05, 0.1) is 12.0 Å². The molecule has 7 heteroatoms. The van der Waals surface area contributed by atoms with Gasteiger partial charge in [0, 0.05) is 54.0 Å². The molecule has 1 heterocycles. The molecule has 170 valence electrons. The number of hydrogen-bond acceptors (Lipinski definition) is 6. The van der Waals surface area contributed by atoms with E-state index in [1.165, 1.54) is 19.1 Å². The number of fused-ring (bicyclic) bond motifs is 1. The van der Waals surface area contributed by atoms with Crippen LogP contribution in [0.25, 0.3) is 0 Å². The third-order valence-electron chi connectivity index (χ3n) is 6.36. The molecular weight excluding hydrogens is 420 g/mol. The molecule has 0 spiro atoms. The average Bonchev–Trinajstić information content (AvgIpc) is 2.81. The number of nitro groups is 1. The minimum Gasteiger partial charge on any atom is -0.497 e. The maximum absolute atomic E-state index is 13.1. The van der Waals surface area contributed by atoms with Gasteiger partial charge in [-0.15, -0.1) is 0 Å². The number of hydrogen-bond donors (Lipinski definition) is 0. The highest BCUT2D eigenvalue weighted by Crippen LogP contribution is 2.35. The second-order valence-electron chi connectivity index (χ2n) is 8.55. The number of aryl methyl sites for hydroxylation is 1. The van der Waals surface area contributed by atoms with E-state index in [4.69, 9.17) is 4.74 Å². The summed E-state index contributed by atoms with van der Waals surface area (Å²) in [5.74, 6) is 0.543. The minimum absolute atomic E-state index is 0.0378. The Balaban J connectivity index is 1.48. The van der Waals surface area contributed by atoms with E-state index < -0.39 is 4.92 Å². The molecule has 1 aliphatic heterocycles. The Morgan fingerprint density at radius 3 is 2.79 bits per heavy atom. The number of nitrogens with zero attached hydrogens (tertiary/aromatic N) is 2. The van der Waals surface area contributed by atoms with Crippen LogP contribution >= 0.6 is 0 Å². The molecule has 0 saturated carbocycles. The SMILES string of the molecule is COc1ccc2c(c1)CCC(CC1C=CN(Cc3cccc([N+](=O)[O-])c3)C=C1C(C)=O)C2=O. The number of carbonyl (C=O) groups excluding carboxylic acids is 2. The molecule has 0 amide bonds. The van der Waals surface area contributed by atoms with Crippen molar-refractivity contribution in [3.63, 3.8) is 0 Å². The predicted octanol–water partition coefficient (Wildman–Crippen LogP) is 4.86. The van der Waals surface area contributed by atoms with Crippen LogP contribution in [-0.2, 0) is 17.8 Å². The summed E-state index contributed by atoms with van der Waals surface area (Å²) >= 11 is 0. The number of rotatable bonds is 7. The summed E-state index contributed by atoms with van der Waals surface area (Å²) in [5, 5.41) is 11.0. The third kappa shape index (κ3) is 4.87. The van der Waals surface area contributed by atoms with Crippen LogP contribution in [0.3, 0.4) is 0 Å². The number of methoxy groups -OCH3 is 1. The third-order valence-corrected chi connectivity index (χ3v) is 6.36. The van der Waals surface area contributed by atoms with E-state index >= 15 is 0 Å². The molecular formula is C26H26N2O5. The number of carbonyl (C=O) groups is 2. The molecule has 2 aromatic rings. The van der Waals surface area contributed by atoms with Gasteiger partial charge in [0.2, 0.25) is 0 Å². The topological polar surface area (TPSA) is 89.8 Å². The lowest BCUT2D eigenvalue weighted by Gasteiger charge is -2.30. The standard InChI is InChI=1S/C26H26N2O5/c1-17(29)25-16-27(15-18-4-3-5-22(12-18)28(31)32)11-10-20(25)13-21-7-6-19-14-23(33-2)8-9-24(19)26(21)30/h3-5,8-12,14,16,20-21H,6-7,13,15H2,1-2H3. The number of ether oxygens (including phenoxy) is 1. The van der Waals surface area contributed by atoms with E-state index in [1.807, 2.05) is 41.4 Å². The number of Topliss-reactive ketones (excluding diaryl/α,β-unsaturated/α-hetero) is 2. The van der Waals surface area contributed by atoms with Gasteiger partial charge < -0.3 is 9.64 Å². The average molecular weight is 447 g/mol. The van der Waals surface area contributed by atoms with E-state index in [9.17, 15) is 19.7 Å². The number of allylic oxidation sites excluding steroid dienone is 2. The highest BCUT2D eigenvalue weighted by atomic mass is 16.6. The van der Waals surface area contributed by atoms with Crippen molar-refractivity contribution in [1.82, 2.24) is 4.90 Å². The fraction of sp³-hybridized carbons (Fsp3) is 0.308. The molecule has 2 aromatic carbocycles. The van der Waals surface area contributed by atoms with Crippen LogP contribution in [-0.4, -0.2) is 28.5 Å². The van der Waals surface area contributed by atoms with Crippen molar-refractivity contribution in [1.29, 1.82) is 0 Å². The van der Waals surface area contributed by atoms with E-state index in [0.717, 1.165) is 35.3 Å². The first-order valence-electron chi connectivity index (χ1n) is 11.0. The second-order valence-corrected chi connectivity index (χ2v) is 8.55. The van der Waals surface area contributed by atoms with Crippen LogP contribution < -0.4 is 4.74 Å². The summed E-state index contributed by atoms with van der Waals surface area (Å²) in [6, 6.07) is 12.0. The van der Waals surface area contributed by atoms with Gasteiger partial charge in [0.25, 0.3) is 5.69 Å². The van der Waals surface area contributed by atoms with E-state index in [2.05, 4.69) is 0 Å². The molecule has 0 fully saturated rings. The van der Waals surface area contributed by atoms with Gasteiger partial charge in [-0.2, -0.15) is 0 Å². The molecule has 7 nitrogen and oxygen atoms in total. The first-order valence-corrected chi connectivity index (χ1v) is 11.0. The van der Waals surface area contributed by atoms with Crippen molar-refractivity contribution in [2.75, 3.05) is 7.11 Å². The highest BCUT2D eigenvalue weighted by molar-refractivity contribution is 6.00. The van der Waals surface area contributed by atoms with Crippen LogP contribution in [0.1, 0.15) is 41.3 Å². The first-order chi connectivity index (χ1) is 15.9. The maximum atomic E-state index is 13.1. The molecule has 1 aliphatic carbocycles. The highest BCUT2D eigenvalue weighted by Gasteiger charge is 2.32.